The maximum atomic E-state index is 13.1. The van der Waals surface area contributed by atoms with E-state index in [1.807, 2.05) is 6.92 Å². The number of hydrogen-bond donors (Lipinski definition) is 1. The maximum absolute atomic E-state index is 13.1. The van der Waals surface area contributed by atoms with Crippen LogP contribution in [0.15, 0.2) is 18.2 Å². The van der Waals surface area contributed by atoms with Gasteiger partial charge in [0.05, 0.1) is 17.6 Å². The number of halogens is 4. The van der Waals surface area contributed by atoms with Gasteiger partial charge in [-0.15, -0.1) is 0 Å². The van der Waals surface area contributed by atoms with E-state index in [-0.39, 0.29) is 4.77 Å². The third-order valence-electron chi connectivity index (χ3n) is 2.62. The Kier molecular flexibility index (Phi) is 3.18. The molecule has 1 aromatic heterocycles. The Bertz CT molecular complexity index is 629. The third-order valence-corrected chi connectivity index (χ3v) is 2.94. The standard InChI is InChI=1S/C11H10F4N2S/c1-6-2-3-8-7(4-6)16-10(18)17(8)5-11(14,15)9(12)13/h2-4,9H,5H2,1H3,(H,16,18). The monoisotopic (exact) mass is 278 g/mol. The number of imidazole rings is 1. The second kappa shape index (κ2) is 4.38. The minimum absolute atomic E-state index is 0.0101. The number of fused-ring (bicyclic) bond motifs is 1. The van der Waals surface area contributed by atoms with Crippen molar-refractivity contribution >= 4 is 23.3 Å². The summed E-state index contributed by atoms with van der Waals surface area (Å²) in [5.41, 5.74) is 1.88. The van der Waals surface area contributed by atoms with Crippen molar-refractivity contribution in [2.45, 2.75) is 25.8 Å². The molecule has 0 amide bonds. The number of nitrogens with zero attached hydrogens (tertiary/aromatic N) is 1. The largest absolute Gasteiger partial charge is 0.331 e. The van der Waals surface area contributed by atoms with E-state index in [0.717, 1.165) is 10.1 Å². The summed E-state index contributed by atoms with van der Waals surface area (Å²) >= 11 is 4.88. The van der Waals surface area contributed by atoms with Crippen LogP contribution < -0.4 is 0 Å². The molecule has 0 fully saturated rings. The molecule has 7 heteroatoms. The lowest BCUT2D eigenvalue weighted by Crippen LogP contribution is -2.32. The first-order valence-electron chi connectivity index (χ1n) is 5.16. The van der Waals surface area contributed by atoms with E-state index in [1.165, 1.54) is 0 Å². The van der Waals surface area contributed by atoms with Gasteiger partial charge < -0.3 is 9.55 Å². The van der Waals surface area contributed by atoms with Crippen molar-refractivity contribution in [1.82, 2.24) is 9.55 Å². The van der Waals surface area contributed by atoms with Gasteiger partial charge in [-0.3, -0.25) is 0 Å². The predicted octanol–water partition coefficient (Wildman–Crippen LogP) is 3.91. The SMILES string of the molecule is Cc1ccc2c(c1)[nH]c(=S)n2CC(F)(F)C(F)F. The molecule has 0 saturated heterocycles. The normalized spacial score (nSPS) is 12.6. The van der Waals surface area contributed by atoms with Gasteiger partial charge in [0.25, 0.3) is 0 Å². The van der Waals surface area contributed by atoms with Crippen LogP contribution in [-0.4, -0.2) is 21.9 Å². The van der Waals surface area contributed by atoms with Crippen LogP contribution >= 0.6 is 12.2 Å². The van der Waals surface area contributed by atoms with Gasteiger partial charge in [-0.25, -0.2) is 8.78 Å². The zero-order valence-electron chi connectivity index (χ0n) is 9.38. The smallest absolute Gasteiger partial charge is 0.324 e. The molecule has 0 aliphatic carbocycles. The summed E-state index contributed by atoms with van der Waals surface area (Å²) in [6, 6.07) is 5.02. The Morgan fingerprint density at radius 1 is 1.39 bits per heavy atom. The van der Waals surface area contributed by atoms with Crippen molar-refractivity contribution in [1.29, 1.82) is 0 Å². The summed E-state index contributed by atoms with van der Waals surface area (Å²) in [7, 11) is 0. The lowest BCUT2D eigenvalue weighted by atomic mass is 10.2. The second-order valence-electron chi connectivity index (χ2n) is 4.10. The summed E-state index contributed by atoms with van der Waals surface area (Å²) in [6.07, 6.45) is -3.71. The quantitative estimate of drug-likeness (QED) is 0.667. The molecule has 1 aromatic carbocycles. The van der Waals surface area contributed by atoms with Crippen LogP contribution in [0.3, 0.4) is 0 Å². The summed E-state index contributed by atoms with van der Waals surface area (Å²) in [6.45, 7) is 0.702. The Labute approximate surface area is 105 Å². The summed E-state index contributed by atoms with van der Waals surface area (Å²) in [5.74, 6) is -4.10. The van der Waals surface area contributed by atoms with Gasteiger partial charge in [0.15, 0.2) is 4.77 Å². The molecule has 0 radical (unpaired) electrons. The van der Waals surface area contributed by atoms with Gasteiger partial charge in [-0.05, 0) is 36.8 Å². The molecule has 0 aliphatic rings. The third kappa shape index (κ3) is 2.27. The number of alkyl halides is 4. The van der Waals surface area contributed by atoms with E-state index >= 15 is 0 Å². The molecule has 98 valence electrons. The first-order chi connectivity index (χ1) is 8.31. The van der Waals surface area contributed by atoms with Gasteiger partial charge in [-0.1, -0.05) is 6.07 Å². The van der Waals surface area contributed by atoms with Crippen LogP contribution in [0.4, 0.5) is 17.6 Å². The molecular formula is C11H10F4N2S. The minimum Gasteiger partial charge on any atom is -0.331 e. The van der Waals surface area contributed by atoms with E-state index in [0.29, 0.717) is 11.0 Å². The zero-order valence-corrected chi connectivity index (χ0v) is 10.2. The highest BCUT2D eigenvalue weighted by Crippen LogP contribution is 2.27. The Morgan fingerprint density at radius 3 is 2.67 bits per heavy atom. The molecule has 1 N–H and O–H groups in total. The van der Waals surface area contributed by atoms with Crippen LogP contribution in [0.1, 0.15) is 5.56 Å². The van der Waals surface area contributed by atoms with Crippen molar-refractivity contribution in [3.8, 4) is 0 Å². The van der Waals surface area contributed by atoms with Crippen molar-refractivity contribution in [2.24, 2.45) is 0 Å². The summed E-state index contributed by atoms with van der Waals surface area (Å²) in [5, 5.41) is 0. The fraction of sp³-hybridized carbons (Fsp3) is 0.364. The zero-order chi connectivity index (χ0) is 13.5. The number of nitrogens with one attached hydrogen (secondary N) is 1. The van der Waals surface area contributed by atoms with E-state index in [2.05, 4.69) is 4.98 Å². The Balaban J connectivity index is 2.52. The first-order valence-corrected chi connectivity index (χ1v) is 5.57. The number of aryl methyl sites for hydroxylation is 1. The molecule has 0 unspecified atom stereocenters. The van der Waals surface area contributed by atoms with Crippen LogP contribution in [0, 0.1) is 11.7 Å². The highest BCUT2D eigenvalue weighted by Gasteiger charge is 2.41. The summed E-state index contributed by atoms with van der Waals surface area (Å²) in [4.78, 5) is 2.73. The van der Waals surface area contributed by atoms with Gasteiger partial charge in [0.2, 0.25) is 0 Å². The lowest BCUT2D eigenvalue weighted by molar-refractivity contribution is -0.137. The molecule has 2 rings (SSSR count). The van der Waals surface area contributed by atoms with E-state index in [9.17, 15) is 17.6 Å². The minimum atomic E-state index is -4.10. The molecule has 0 atom stereocenters. The van der Waals surface area contributed by atoms with Crippen molar-refractivity contribution in [2.75, 3.05) is 0 Å². The highest BCUT2D eigenvalue weighted by molar-refractivity contribution is 7.71. The molecule has 1 heterocycles. The van der Waals surface area contributed by atoms with Crippen molar-refractivity contribution in [3.05, 3.63) is 28.5 Å². The van der Waals surface area contributed by atoms with Gasteiger partial charge in [-0.2, -0.15) is 8.78 Å². The van der Waals surface area contributed by atoms with Crippen molar-refractivity contribution in [3.63, 3.8) is 0 Å². The molecule has 2 nitrogen and oxygen atoms in total. The second-order valence-corrected chi connectivity index (χ2v) is 4.49. The number of hydrogen-bond acceptors (Lipinski definition) is 1. The predicted molar refractivity (Wildman–Crippen MR) is 62.8 cm³/mol. The number of benzene rings is 1. The average Bonchev–Trinajstić information content (AvgIpc) is 2.54. The van der Waals surface area contributed by atoms with Gasteiger partial charge in [0.1, 0.15) is 0 Å². The Hall–Kier alpha value is -1.37. The van der Waals surface area contributed by atoms with Gasteiger partial charge in [0, 0.05) is 0 Å². The van der Waals surface area contributed by atoms with Gasteiger partial charge >= 0.3 is 12.3 Å². The number of rotatable bonds is 3. The molecule has 2 aromatic rings. The number of H-pyrrole nitrogens is 1. The Morgan fingerprint density at radius 2 is 2.06 bits per heavy atom. The molecule has 18 heavy (non-hydrogen) atoms. The van der Waals surface area contributed by atoms with Crippen LogP contribution in [-0.2, 0) is 6.54 Å². The number of aromatic amines is 1. The molecule has 0 saturated carbocycles. The van der Waals surface area contributed by atoms with Crippen LogP contribution in [0.5, 0.6) is 0 Å². The summed E-state index contributed by atoms with van der Waals surface area (Å²) < 4.78 is 51.5. The van der Waals surface area contributed by atoms with Crippen LogP contribution in [0.2, 0.25) is 0 Å². The van der Waals surface area contributed by atoms with E-state index < -0.39 is 18.9 Å². The van der Waals surface area contributed by atoms with Crippen molar-refractivity contribution < 1.29 is 17.6 Å². The molecule has 0 bridgehead atoms. The van der Waals surface area contributed by atoms with E-state index in [4.69, 9.17) is 12.2 Å². The molecule has 0 aliphatic heterocycles. The molecule has 0 spiro atoms. The fourth-order valence-electron chi connectivity index (χ4n) is 1.71. The highest BCUT2D eigenvalue weighted by atomic mass is 32.1. The average molecular weight is 278 g/mol. The first kappa shape index (κ1) is 13.1. The van der Waals surface area contributed by atoms with E-state index in [1.54, 1.807) is 18.2 Å². The molecular weight excluding hydrogens is 268 g/mol. The topological polar surface area (TPSA) is 20.7 Å². The number of aromatic nitrogens is 2. The fourth-order valence-corrected chi connectivity index (χ4v) is 1.99. The lowest BCUT2D eigenvalue weighted by Gasteiger charge is -2.16. The maximum Gasteiger partial charge on any atom is 0.324 e. The van der Waals surface area contributed by atoms with Crippen LogP contribution in [0.25, 0.3) is 11.0 Å².